The summed E-state index contributed by atoms with van der Waals surface area (Å²) in [6.07, 6.45) is 0. The number of aliphatic hydroxyl groups excluding tert-OH is 1. The third-order valence-electron chi connectivity index (χ3n) is 0.349. The van der Waals surface area contributed by atoms with Crippen molar-refractivity contribution in [3.8, 4) is 0 Å². The summed E-state index contributed by atoms with van der Waals surface area (Å²) >= 11 is -2.61. The van der Waals surface area contributed by atoms with E-state index in [0.29, 0.717) is 0 Å². The first kappa shape index (κ1) is 30.2. The second-order valence-electron chi connectivity index (χ2n) is 1.24. The molecule has 0 heterocycles. The first-order valence-corrected chi connectivity index (χ1v) is 4.83. The van der Waals surface area contributed by atoms with Crippen LogP contribution in [0.25, 0.3) is 0 Å². The SMILES string of the molecule is O=S(=O)(O)CCO.O=S(O)O.[NaH].[NaH].[NaH]. The van der Waals surface area contributed by atoms with Gasteiger partial charge >= 0.3 is 88.7 Å². The van der Waals surface area contributed by atoms with Crippen LogP contribution in [0.4, 0.5) is 0 Å². The molecule has 0 radical (unpaired) electrons. The van der Waals surface area contributed by atoms with Crippen molar-refractivity contribution in [1.29, 1.82) is 0 Å². The number of aliphatic hydroxyl groups is 1. The molecule has 0 amide bonds. The van der Waals surface area contributed by atoms with Crippen molar-refractivity contribution in [2.24, 2.45) is 0 Å². The van der Waals surface area contributed by atoms with Crippen molar-refractivity contribution in [2.45, 2.75) is 0 Å². The summed E-state index contributed by atoms with van der Waals surface area (Å²) in [7, 11) is -3.92. The molecule has 0 aliphatic carbocycles. The molecule has 0 aliphatic rings. The Morgan fingerprint density at radius 2 is 1.29 bits per heavy atom. The molecule has 0 atom stereocenters. The minimum absolute atomic E-state index is 0. The van der Waals surface area contributed by atoms with Crippen LogP contribution in [0.1, 0.15) is 0 Å². The average Bonchev–Trinajstić information content (AvgIpc) is 1.58. The van der Waals surface area contributed by atoms with Crippen LogP contribution in [-0.2, 0) is 21.5 Å². The Kier molecular flexibility index (Phi) is 39.5. The van der Waals surface area contributed by atoms with Crippen LogP contribution in [0.15, 0.2) is 0 Å². The Morgan fingerprint density at radius 3 is 1.29 bits per heavy atom. The molecule has 0 bridgehead atoms. The summed E-state index contributed by atoms with van der Waals surface area (Å²) in [5, 5.41) is 7.86. The van der Waals surface area contributed by atoms with E-state index in [1.165, 1.54) is 0 Å². The van der Waals surface area contributed by atoms with E-state index in [1.807, 2.05) is 0 Å². The molecular weight excluding hydrogens is 269 g/mol. The molecule has 0 saturated carbocycles. The van der Waals surface area contributed by atoms with Crippen LogP contribution in [-0.4, -0.2) is 132 Å². The zero-order valence-electron chi connectivity index (χ0n) is 5.24. The number of hydrogen-bond acceptors (Lipinski definition) is 4. The van der Waals surface area contributed by atoms with Crippen LogP contribution in [0, 0.1) is 0 Å². The molecule has 0 unspecified atom stereocenters. The van der Waals surface area contributed by atoms with Crippen molar-refractivity contribution in [3.63, 3.8) is 0 Å². The van der Waals surface area contributed by atoms with E-state index in [1.54, 1.807) is 0 Å². The molecule has 0 aliphatic heterocycles. The molecule has 0 aromatic heterocycles. The molecule has 76 valence electrons. The zero-order chi connectivity index (χ0) is 9.49. The molecule has 0 spiro atoms. The standard InChI is InChI=1S/C2H6O4S.3Na.H2O3S.3H/c3-1-2-7(4,5)6;;;;1-4(2)3;;;/h3H,1-2H2,(H,4,5,6);;;;(H2,1,2,3);;;. The minimum atomic E-state index is -3.92. The van der Waals surface area contributed by atoms with E-state index in [4.69, 9.17) is 23.0 Å². The van der Waals surface area contributed by atoms with Gasteiger partial charge in [0.25, 0.3) is 21.5 Å². The van der Waals surface area contributed by atoms with Gasteiger partial charge in [-0.2, -0.15) is 12.6 Å². The quantitative estimate of drug-likeness (QED) is 0.235. The van der Waals surface area contributed by atoms with Gasteiger partial charge in [0, 0.05) is 0 Å². The Hall–Kier alpha value is 2.94. The van der Waals surface area contributed by atoms with Gasteiger partial charge in [0.15, 0.2) is 0 Å². The molecular formula is C2H11Na3O7S2. The summed E-state index contributed by atoms with van der Waals surface area (Å²) in [6, 6.07) is 0. The summed E-state index contributed by atoms with van der Waals surface area (Å²) in [6.45, 7) is -0.529. The van der Waals surface area contributed by atoms with E-state index in [-0.39, 0.29) is 88.7 Å². The monoisotopic (exact) mass is 280 g/mol. The van der Waals surface area contributed by atoms with E-state index < -0.39 is 33.8 Å². The fourth-order valence-electron chi connectivity index (χ4n) is 0.115. The van der Waals surface area contributed by atoms with Gasteiger partial charge in [-0.15, -0.1) is 0 Å². The Morgan fingerprint density at radius 1 is 1.07 bits per heavy atom. The van der Waals surface area contributed by atoms with Gasteiger partial charge in [0.1, 0.15) is 0 Å². The molecule has 0 aromatic carbocycles. The fraction of sp³-hybridized carbons (Fsp3) is 1.00. The molecule has 0 aromatic rings. The second-order valence-corrected chi connectivity index (χ2v) is 3.27. The van der Waals surface area contributed by atoms with Crippen molar-refractivity contribution >= 4 is 110 Å². The van der Waals surface area contributed by atoms with Crippen molar-refractivity contribution in [1.82, 2.24) is 0 Å². The Bertz CT molecular complexity index is 199. The topological polar surface area (TPSA) is 132 Å². The van der Waals surface area contributed by atoms with Gasteiger partial charge in [0.2, 0.25) is 0 Å². The summed E-state index contributed by atoms with van der Waals surface area (Å²) in [5.74, 6) is -0.576. The third-order valence-corrected chi connectivity index (χ3v) is 1.05. The first-order valence-electron chi connectivity index (χ1n) is 2.15. The molecule has 12 heteroatoms. The van der Waals surface area contributed by atoms with Crippen LogP contribution < -0.4 is 0 Å². The van der Waals surface area contributed by atoms with Gasteiger partial charge in [0.05, 0.1) is 12.4 Å². The third kappa shape index (κ3) is 60.3. The van der Waals surface area contributed by atoms with Crippen LogP contribution in [0.5, 0.6) is 0 Å². The van der Waals surface area contributed by atoms with Crippen molar-refractivity contribution in [3.05, 3.63) is 0 Å². The van der Waals surface area contributed by atoms with Crippen molar-refractivity contribution in [2.75, 3.05) is 12.4 Å². The van der Waals surface area contributed by atoms with Gasteiger partial charge in [-0.3, -0.25) is 13.7 Å². The number of rotatable bonds is 2. The summed E-state index contributed by atoms with van der Waals surface area (Å²) in [4.78, 5) is 0. The molecule has 14 heavy (non-hydrogen) atoms. The normalized spacial score (nSPS) is 8.36. The fourth-order valence-corrected chi connectivity index (χ4v) is 0.346. The predicted octanol–water partition coefficient (Wildman–Crippen LogP) is -3.40. The van der Waals surface area contributed by atoms with E-state index in [2.05, 4.69) is 0 Å². The van der Waals surface area contributed by atoms with Crippen LogP contribution >= 0.6 is 0 Å². The molecule has 0 rings (SSSR count). The summed E-state index contributed by atoms with van der Waals surface area (Å²) in [5.41, 5.74) is 0. The maximum atomic E-state index is 9.63. The molecule has 0 fully saturated rings. The average molecular weight is 280 g/mol. The van der Waals surface area contributed by atoms with Gasteiger partial charge in [-0.05, 0) is 0 Å². The Labute approximate surface area is 151 Å². The van der Waals surface area contributed by atoms with Gasteiger partial charge in [-0.1, -0.05) is 0 Å². The summed E-state index contributed by atoms with van der Waals surface area (Å²) < 4.78 is 49.9. The second kappa shape index (κ2) is 18.3. The van der Waals surface area contributed by atoms with Crippen LogP contribution in [0.3, 0.4) is 0 Å². The van der Waals surface area contributed by atoms with E-state index >= 15 is 0 Å². The molecule has 0 saturated heterocycles. The zero-order valence-corrected chi connectivity index (χ0v) is 6.88. The van der Waals surface area contributed by atoms with E-state index in [9.17, 15) is 8.42 Å². The Balaban J connectivity index is -0.0000000347. The molecule has 4 N–H and O–H groups in total. The first-order chi connectivity index (χ1) is 4.79. The number of hydrogen-bond donors (Lipinski definition) is 4. The molecule has 7 nitrogen and oxygen atoms in total. The van der Waals surface area contributed by atoms with E-state index in [0.717, 1.165) is 0 Å². The van der Waals surface area contributed by atoms with Crippen LogP contribution in [0.2, 0.25) is 0 Å². The van der Waals surface area contributed by atoms with Gasteiger partial charge < -0.3 is 5.11 Å². The predicted molar refractivity (Wildman–Crippen MR) is 58.3 cm³/mol. The van der Waals surface area contributed by atoms with Crippen molar-refractivity contribution < 1.29 is 31.4 Å². The van der Waals surface area contributed by atoms with Gasteiger partial charge in [-0.25, -0.2) is 0 Å². The maximum absolute atomic E-state index is 9.63.